The number of nitrogens with zero attached hydrogens (tertiary/aromatic N) is 1. The molecular formula is C44H45N3O4SSi. The number of nitrogens with one attached hydrogen (secondary N) is 2. The van der Waals surface area contributed by atoms with Crippen molar-refractivity contribution in [2.45, 2.75) is 58.8 Å². The smallest absolute Gasteiger partial charge is 0.412 e. The van der Waals surface area contributed by atoms with E-state index in [1.165, 1.54) is 10.4 Å². The van der Waals surface area contributed by atoms with Gasteiger partial charge in [-0.2, -0.15) is 0 Å². The van der Waals surface area contributed by atoms with Gasteiger partial charge in [0.25, 0.3) is 14.2 Å². The number of rotatable bonds is 10. The van der Waals surface area contributed by atoms with Crippen molar-refractivity contribution in [1.82, 2.24) is 4.98 Å². The maximum Gasteiger partial charge on any atom is 0.412 e. The van der Waals surface area contributed by atoms with Crippen LogP contribution in [0.2, 0.25) is 5.04 Å². The molecule has 9 heteroatoms. The van der Waals surface area contributed by atoms with Crippen LogP contribution in [0.1, 0.15) is 56.8 Å². The number of amides is 2. The molecule has 0 aliphatic heterocycles. The second-order valence-corrected chi connectivity index (χ2v) is 20.4. The number of thiophene rings is 1. The summed E-state index contributed by atoms with van der Waals surface area (Å²) in [5, 5.41) is 8.18. The minimum absolute atomic E-state index is 0.140. The summed E-state index contributed by atoms with van der Waals surface area (Å²) in [4.78, 5) is 32.7. The second-order valence-electron chi connectivity index (χ2n) is 14.9. The molecule has 2 N–H and O–H groups in total. The average molecular weight is 740 g/mol. The predicted molar refractivity (Wildman–Crippen MR) is 220 cm³/mol. The van der Waals surface area contributed by atoms with Gasteiger partial charge >= 0.3 is 6.09 Å². The Morgan fingerprint density at radius 1 is 0.679 bits per heavy atom. The Hall–Kier alpha value is -5.35. The van der Waals surface area contributed by atoms with Crippen LogP contribution in [0.15, 0.2) is 140 Å². The molecule has 0 atom stereocenters. The first kappa shape index (κ1) is 37.4. The van der Waals surface area contributed by atoms with E-state index in [-0.39, 0.29) is 10.9 Å². The molecule has 53 heavy (non-hydrogen) atoms. The molecule has 0 spiro atoms. The molecule has 6 aromatic rings. The lowest BCUT2D eigenvalue weighted by atomic mass is 10.1. The highest BCUT2D eigenvalue weighted by Gasteiger charge is 2.50. The van der Waals surface area contributed by atoms with E-state index in [1.807, 2.05) is 48.5 Å². The van der Waals surface area contributed by atoms with Gasteiger partial charge in [-0.25, -0.2) is 4.79 Å². The minimum Gasteiger partial charge on any atom is -0.444 e. The van der Waals surface area contributed by atoms with Crippen molar-refractivity contribution in [2.75, 3.05) is 10.6 Å². The van der Waals surface area contributed by atoms with Crippen LogP contribution in [0.5, 0.6) is 0 Å². The molecule has 2 amide bonds. The molecule has 2 aromatic heterocycles. The van der Waals surface area contributed by atoms with Crippen molar-refractivity contribution in [3.63, 3.8) is 0 Å². The van der Waals surface area contributed by atoms with Gasteiger partial charge in [0, 0.05) is 27.7 Å². The summed E-state index contributed by atoms with van der Waals surface area (Å²) in [6.07, 6.45) is 2.90. The van der Waals surface area contributed by atoms with E-state index in [4.69, 9.17) is 9.16 Å². The fraction of sp³-hybridized carbons (Fsp3) is 0.205. The third-order valence-corrected chi connectivity index (χ3v) is 14.9. The quantitative estimate of drug-likeness (QED) is 0.137. The van der Waals surface area contributed by atoms with Crippen LogP contribution < -0.4 is 21.0 Å². The van der Waals surface area contributed by atoms with E-state index in [0.717, 1.165) is 26.4 Å². The van der Waals surface area contributed by atoms with E-state index in [9.17, 15) is 9.59 Å². The summed E-state index contributed by atoms with van der Waals surface area (Å²) in [6.45, 7) is 12.7. The Balaban J connectivity index is 1.28. The molecular weight excluding hydrogens is 695 g/mol. The maximum absolute atomic E-state index is 13.6. The van der Waals surface area contributed by atoms with Gasteiger partial charge in [-0.3, -0.25) is 15.1 Å². The van der Waals surface area contributed by atoms with Gasteiger partial charge in [0.15, 0.2) is 0 Å². The summed E-state index contributed by atoms with van der Waals surface area (Å²) in [5.74, 6) is -0.308. The number of carbonyl (C=O) groups is 2. The molecule has 0 bridgehead atoms. The topological polar surface area (TPSA) is 89.5 Å². The van der Waals surface area contributed by atoms with Gasteiger partial charge in [0.2, 0.25) is 0 Å². The Kier molecular flexibility index (Phi) is 11.1. The zero-order valence-electron chi connectivity index (χ0n) is 31.0. The molecule has 0 saturated heterocycles. The minimum atomic E-state index is -2.72. The number of hydrogen-bond acceptors (Lipinski definition) is 6. The van der Waals surface area contributed by atoms with E-state index in [2.05, 4.69) is 97.1 Å². The van der Waals surface area contributed by atoms with Crippen LogP contribution in [0.4, 0.5) is 16.2 Å². The van der Waals surface area contributed by atoms with Gasteiger partial charge in [-0.1, -0.05) is 106 Å². The number of ether oxygens (including phenoxy) is 1. The van der Waals surface area contributed by atoms with E-state index in [1.54, 1.807) is 62.7 Å². The van der Waals surface area contributed by atoms with Crippen LogP contribution >= 0.6 is 11.3 Å². The van der Waals surface area contributed by atoms with Crippen LogP contribution in [0, 0.1) is 0 Å². The van der Waals surface area contributed by atoms with E-state index < -0.39 is 20.0 Å². The molecule has 0 aliphatic carbocycles. The van der Waals surface area contributed by atoms with Crippen LogP contribution in [-0.4, -0.2) is 30.9 Å². The highest BCUT2D eigenvalue weighted by atomic mass is 32.1. The molecule has 0 aliphatic rings. The summed E-state index contributed by atoms with van der Waals surface area (Å²) >= 11 is 1.65. The molecule has 7 nitrogen and oxygen atoms in total. The number of carbonyl (C=O) groups excluding carboxylic acids is 2. The van der Waals surface area contributed by atoms with Crippen LogP contribution in [0.3, 0.4) is 0 Å². The highest BCUT2D eigenvalue weighted by molar-refractivity contribution is 7.15. The van der Waals surface area contributed by atoms with Gasteiger partial charge in [-0.15, -0.1) is 11.3 Å². The molecule has 4 aromatic carbocycles. The number of benzene rings is 4. The monoisotopic (exact) mass is 739 g/mol. The fourth-order valence-corrected chi connectivity index (χ4v) is 12.0. The van der Waals surface area contributed by atoms with Crippen molar-refractivity contribution in [1.29, 1.82) is 0 Å². The van der Waals surface area contributed by atoms with Crippen LogP contribution in [0.25, 0.3) is 21.6 Å². The first-order chi connectivity index (χ1) is 25.3. The SMILES string of the molecule is CC(C)(C)OC(=O)Nc1ccc(-c2ccc(CO[Si](c3ccccc3)(c3ccccc3)C(C)(C)C)s2)cc1NC(=O)c1ccc(-c2cccnc2)cc1. The Labute approximate surface area is 317 Å². The summed E-state index contributed by atoms with van der Waals surface area (Å²) in [5.41, 5.74) is 3.48. The Morgan fingerprint density at radius 3 is 1.91 bits per heavy atom. The molecule has 270 valence electrons. The summed E-state index contributed by atoms with van der Waals surface area (Å²) in [7, 11) is -2.72. The molecule has 0 unspecified atom stereocenters. The molecule has 6 rings (SSSR count). The number of anilines is 2. The lowest BCUT2D eigenvalue weighted by Crippen LogP contribution is -2.66. The molecule has 0 radical (unpaired) electrons. The summed E-state index contributed by atoms with van der Waals surface area (Å²) < 4.78 is 12.7. The van der Waals surface area contributed by atoms with Crippen molar-refractivity contribution >= 4 is 53.4 Å². The first-order valence-corrected chi connectivity index (χ1v) is 20.3. The van der Waals surface area contributed by atoms with Gasteiger partial charge < -0.3 is 14.5 Å². The second kappa shape index (κ2) is 15.7. The zero-order valence-corrected chi connectivity index (χ0v) is 32.8. The predicted octanol–water partition coefficient (Wildman–Crippen LogP) is 10.2. The van der Waals surface area contributed by atoms with Crippen molar-refractivity contribution < 1.29 is 18.8 Å². The lowest BCUT2D eigenvalue weighted by Gasteiger charge is -2.43. The van der Waals surface area contributed by atoms with Gasteiger partial charge in [-0.05, 0) is 95.3 Å². The number of aromatic nitrogens is 1. The van der Waals surface area contributed by atoms with E-state index in [0.29, 0.717) is 23.5 Å². The Bertz CT molecular complexity index is 2120. The van der Waals surface area contributed by atoms with Gasteiger partial charge in [0.05, 0.1) is 18.0 Å². The third kappa shape index (κ3) is 8.82. The van der Waals surface area contributed by atoms with Crippen molar-refractivity contribution in [2.24, 2.45) is 0 Å². The third-order valence-electron chi connectivity index (χ3n) is 8.84. The maximum atomic E-state index is 13.6. The normalized spacial score (nSPS) is 11.9. The highest BCUT2D eigenvalue weighted by Crippen LogP contribution is 2.39. The van der Waals surface area contributed by atoms with Gasteiger partial charge in [0.1, 0.15) is 5.60 Å². The van der Waals surface area contributed by atoms with Crippen molar-refractivity contribution in [3.8, 4) is 21.6 Å². The lowest BCUT2D eigenvalue weighted by molar-refractivity contribution is 0.0635. The Morgan fingerprint density at radius 2 is 1.32 bits per heavy atom. The first-order valence-electron chi connectivity index (χ1n) is 17.6. The molecule has 0 fully saturated rings. The molecule has 0 saturated carbocycles. The standard InChI is InChI=1S/C44H45N3O4SSi/c1-43(2,3)51-42(49)47-38-25-23-33(28-39(38)46-41(48)32-21-19-31(20-22-32)34-14-13-27-45-29-34)40-26-24-35(52-40)30-50-53(44(4,5)6,36-15-9-7-10-16-36)37-17-11-8-12-18-37/h7-29H,30H2,1-6H3,(H,46,48)(H,47,49). The number of pyridine rings is 1. The average Bonchev–Trinajstić information content (AvgIpc) is 3.62. The molecule has 2 heterocycles. The van der Waals surface area contributed by atoms with E-state index >= 15 is 0 Å². The number of hydrogen-bond donors (Lipinski definition) is 2. The largest absolute Gasteiger partial charge is 0.444 e. The zero-order chi connectivity index (χ0) is 37.6. The van der Waals surface area contributed by atoms with Crippen LogP contribution in [-0.2, 0) is 15.8 Å². The summed E-state index contributed by atoms with van der Waals surface area (Å²) in [6, 6.07) is 42.2. The van der Waals surface area contributed by atoms with Crippen molar-refractivity contribution in [3.05, 3.63) is 150 Å². The fourth-order valence-electron chi connectivity index (χ4n) is 6.42.